The zero-order valence-electron chi connectivity index (χ0n) is 19.1. The van der Waals surface area contributed by atoms with Crippen LogP contribution in [-0.2, 0) is 24.2 Å². The van der Waals surface area contributed by atoms with Gasteiger partial charge in [-0.05, 0) is 57.2 Å². The molecule has 1 aromatic carbocycles. The number of nitriles is 1. The first-order valence-electron chi connectivity index (χ1n) is 11.2. The van der Waals surface area contributed by atoms with E-state index in [1.807, 2.05) is 42.7 Å². The minimum absolute atomic E-state index is 0.141. The Morgan fingerprint density at radius 3 is 2.85 bits per heavy atom. The highest BCUT2D eigenvalue weighted by atomic mass is 32.2. The summed E-state index contributed by atoms with van der Waals surface area (Å²) in [5.74, 6) is 1.29. The summed E-state index contributed by atoms with van der Waals surface area (Å²) in [6.45, 7) is 4.53. The number of aryl methyl sites for hydroxylation is 1. The molecule has 4 rings (SSSR count). The van der Waals surface area contributed by atoms with Gasteiger partial charge in [0.2, 0.25) is 5.91 Å². The minimum atomic E-state index is -0.404. The highest BCUT2D eigenvalue weighted by molar-refractivity contribution is 8.00. The Labute approximate surface area is 202 Å². The molecular formula is C24H27N5O2S2. The summed E-state index contributed by atoms with van der Waals surface area (Å²) in [6.07, 6.45) is 5.33. The average molecular weight is 482 g/mol. The van der Waals surface area contributed by atoms with Gasteiger partial charge in [0, 0.05) is 11.4 Å². The van der Waals surface area contributed by atoms with Gasteiger partial charge in [-0.1, -0.05) is 30.3 Å². The van der Waals surface area contributed by atoms with Gasteiger partial charge in [-0.15, -0.1) is 21.5 Å². The third-order valence-corrected chi connectivity index (χ3v) is 8.09. The largest absolute Gasteiger partial charge is 0.496 e. The van der Waals surface area contributed by atoms with E-state index in [2.05, 4.69) is 21.6 Å². The smallest absolute Gasteiger partial charge is 0.238 e. The molecule has 1 unspecified atom stereocenters. The Morgan fingerprint density at radius 1 is 1.30 bits per heavy atom. The molecule has 0 spiro atoms. The summed E-state index contributed by atoms with van der Waals surface area (Å²) in [4.78, 5) is 14.3. The number of ether oxygens (including phenoxy) is 1. The maximum Gasteiger partial charge on any atom is 0.238 e. The molecule has 0 fully saturated rings. The standard InChI is InChI=1S/C24H27N5O2S2/c1-4-29-21(17-11-8-9-12-19(17)31-3)27-28-24(29)32-15(2)22(30)26-23-18(14-25)16-10-6-5-7-13-20(16)33-23/h8-9,11-12,15H,4-7,10,13H2,1-3H3,(H,26,30). The number of thioether (sulfide) groups is 1. The van der Waals surface area contributed by atoms with Crippen molar-refractivity contribution in [2.24, 2.45) is 0 Å². The number of carbonyl (C=O) groups is 1. The molecule has 1 atom stereocenters. The summed E-state index contributed by atoms with van der Waals surface area (Å²) in [6, 6.07) is 10.0. The normalized spacial score (nSPS) is 14.1. The molecule has 2 aromatic heterocycles. The number of fused-ring (bicyclic) bond motifs is 1. The van der Waals surface area contributed by atoms with Crippen molar-refractivity contribution in [3.8, 4) is 23.2 Å². The quantitative estimate of drug-likeness (QED) is 0.364. The van der Waals surface area contributed by atoms with Crippen molar-refractivity contribution in [2.45, 2.75) is 62.9 Å². The first-order chi connectivity index (χ1) is 16.1. The first-order valence-corrected chi connectivity index (χ1v) is 12.9. The Hall–Kier alpha value is -2.83. The van der Waals surface area contributed by atoms with Gasteiger partial charge in [0.1, 0.15) is 16.8 Å². The second-order valence-electron chi connectivity index (χ2n) is 7.88. The van der Waals surface area contributed by atoms with Crippen LogP contribution in [0.4, 0.5) is 5.00 Å². The van der Waals surface area contributed by atoms with Crippen LogP contribution >= 0.6 is 23.1 Å². The van der Waals surface area contributed by atoms with Crippen molar-refractivity contribution < 1.29 is 9.53 Å². The summed E-state index contributed by atoms with van der Waals surface area (Å²) in [7, 11) is 1.63. The monoisotopic (exact) mass is 481 g/mol. The van der Waals surface area contributed by atoms with E-state index in [9.17, 15) is 10.1 Å². The number of benzene rings is 1. The summed E-state index contributed by atoms with van der Waals surface area (Å²) in [5, 5.41) is 22.4. The lowest BCUT2D eigenvalue weighted by Crippen LogP contribution is -2.23. The van der Waals surface area contributed by atoms with E-state index < -0.39 is 5.25 Å². The van der Waals surface area contributed by atoms with E-state index in [-0.39, 0.29) is 5.91 Å². The van der Waals surface area contributed by atoms with Crippen LogP contribution in [-0.4, -0.2) is 33.0 Å². The third-order valence-electron chi connectivity index (χ3n) is 5.80. The zero-order chi connectivity index (χ0) is 23.4. The number of anilines is 1. The fourth-order valence-corrected chi connectivity index (χ4v) is 6.22. The Morgan fingerprint density at radius 2 is 2.09 bits per heavy atom. The van der Waals surface area contributed by atoms with Crippen LogP contribution in [0.2, 0.25) is 0 Å². The lowest BCUT2D eigenvalue weighted by atomic mass is 10.1. The summed E-state index contributed by atoms with van der Waals surface area (Å²) in [5.41, 5.74) is 2.62. The number of nitrogens with zero attached hydrogens (tertiary/aromatic N) is 4. The Bertz CT molecular complexity index is 1190. The van der Waals surface area contributed by atoms with Crippen LogP contribution in [0.1, 0.15) is 49.1 Å². The van der Waals surface area contributed by atoms with Gasteiger partial charge in [-0.2, -0.15) is 5.26 Å². The number of rotatable bonds is 7. The topological polar surface area (TPSA) is 92.8 Å². The van der Waals surface area contributed by atoms with E-state index in [0.717, 1.165) is 42.6 Å². The summed E-state index contributed by atoms with van der Waals surface area (Å²) < 4.78 is 7.47. The second kappa shape index (κ2) is 10.4. The highest BCUT2D eigenvalue weighted by Crippen LogP contribution is 2.38. The number of methoxy groups -OCH3 is 1. The van der Waals surface area contributed by atoms with Crippen LogP contribution in [0.25, 0.3) is 11.4 Å². The van der Waals surface area contributed by atoms with E-state index in [0.29, 0.717) is 28.1 Å². The van der Waals surface area contributed by atoms with Gasteiger partial charge < -0.3 is 14.6 Å². The number of para-hydroxylation sites is 1. The van der Waals surface area contributed by atoms with Crippen LogP contribution < -0.4 is 10.1 Å². The molecule has 3 aromatic rings. The lowest BCUT2D eigenvalue weighted by Gasteiger charge is -2.13. The number of hydrogen-bond donors (Lipinski definition) is 1. The molecule has 0 saturated carbocycles. The van der Waals surface area contributed by atoms with Crippen LogP contribution in [0.3, 0.4) is 0 Å². The molecule has 0 saturated heterocycles. The van der Waals surface area contributed by atoms with Crippen molar-refractivity contribution in [1.29, 1.82) is 5.26 Å². The van der Waals surface area contributed by atoms with Crippen molar-refractivity contribution in [2.75, 3.05) is 12.4 Å². The molecule has 2 heterocycles. The number of aromatic nitrogens is 3. The number of thiophene rings is 1. The van der Waals surface area contributed by atoms with E-state index in [1.165, 1.54) is 23.1 Å². The first kappa shape index (κ1) is 23.3. The third kappa shape index (κ3) is 4.77. The number of carbonyl (C=O) groups excluding carboxylic acids is 1. The molecule has 1 aliphatic rings. The maximum absolute atomic E-state index is 13.0. The van der Waals surface area contributed by atoms with Crippen molar-refractivity contribution in [3.05, 3.63) is 40.3 Å². The van der Waals surface area contributed by atoms with Gasteiger partial charge in [-0.3, -0.25) is 4.79 Å². The molecule has 172 valence electrons. The van der Waals surface area contributed by atoms with Gasteiger partial charge in [0.15, 0.2) is 11.0 Å². The van der Waals surface area contributed by atoms with Crippen LogP contribution in [0.15, 0.2) is 29.4 Å². The fraction of sp³-hybridized carbons (Fsp3) is 0.417. The van der Waals surface area contributed by atoms with E-state index in [4.69, 9.17) is 4.74 Å². The molecule has 1 aliphatic carbocycles. The fourth-order valence-electron chi connectivity index (χ4n) is 4.06. The molecular weight excluding hydrogens is 454 g/mol. The molecule has 7 nitrogen and oxygen atoms in total. The average Bonchev–Trinajstić information content (AvgIpc) is 3.30. The molecule has 33 heavy (non-hydrogen) atoms. The highest BCUT2D eigenvalue weighted by Gasteiger charge is 2.25. The second-order valence-corrected chi connectivity index (χ2v) is 10.3. The zero-order valence-corrected chi connectivity index (χ0v) is 20.7. The summed E-state index contributed by atoms with van der Waals surface area (Å²) >= 11 is 2.92. The predicted octanol–water partition coefficient (Wildman–Crippen LogP) is 5.29. The maximum atomic E-state index is 13.0. The molecule has 9 heteroatoms. The lowest BCUT2D eigenvalue weighted by molar-refractivity contribution is -0.115. The van der Waals surface area contributed by atoms with Crippen LogP contribution in [0.5, 0.6) is 5.75 Å². The van der Waals surface area contributed by atoms with Gasteiger partial charge in [0.05, 0.1) is 23.5 Å². The van der Waals surface area contributed by atoms with Crippen LogP contribution in [0, 0.1) is 11.3 Å². The van der Waals surface area contributed by atoms with Crippen molar-refractivity contribution >= 4 is 34.0 Å². The SMILES string of the molecule is CCn1c(SC(C)C(=O)Nc2sc3c(c2C#N)CCCCC3)nnc1-c1ccccc1OC. The molecule has 0 radical (unpaired) electrons. The van der Waals surface area contributed by atoms with Crippen molar-refractivity contribution in [3.63, 3.8) is 0 Å². The molecule has 1 N–H and O–H groups in total. The molecule has 0 aliphatic heterocycles. The Balaban J connectivity index is 1.53. The van der Waals surface area contributed by atoms with E-state index in [1.54, 1.807) is 18.4 Å². The van der Waals surface area contributed by atoms with Crippen molar-refractivity contribution in [1.82, 2.24) is 14.8 Å². The molecule has 1 amide bonds. The van der Waals surface area contributed by atoms with Gasteiger partial charge >= 0.3 is 0 Å². The van der Waals surface area contributed by atoms with Gasteiger partial charge in [0.25, 0.3) is 0 Å². The van der Waals surface area contributed by atoms with Gasteiger partial charge in [-0.25, -0.2) is 0 Å². The predicted molar refractivity (Wildman–Crippen MR) is 132 cm³/mol. The minimum Gasteiger partial charge on any atom is -0.496 e. The number of hydrogen-bond acceptors (Lipinski definition) is 7. The number of amides is 1. The number of nitrogens with one attached hydrogen (secondary N) is 1. The Kier molecular flexibility index (Phi) is 7.36. The molecule has 0 bridgehead atoms. The van der Waals surface area contributed by atoms with E-state index >= 15 is 0 Å².